The number of carbonyl (C=O) groups is 2. The van der Waals surface area contributed by atoms with Crippen molar-refractivity contribution in [1.29, 1.82) is 0 Å². The van der Waals surface area contributed by atoms with E-state index in [4.69, 9.17) is 4.74 Å². The maximum atomic E-state index is 12.5. The van der Waals surface area contributed by atoms with Gasteiger partial charge in [-0.25, -0.2) is 17.5 Å². The molecule has 0 unspecified atom stereocenters. The van der Waals surface area contributed by atoms with Gasteiger partial charge in [0.2, 0.25) is 10.0 Å². The minimum absolute atomic E-state index is 0.0117. The van der Waals surface area contributed by atoms with E-state index < -0.39 is 16.0 Å². The molecule has 2 fully saturated rings. The van der Waals surface area contributed by atoms with Crippen LogP contribution in [0.4, 0.5) is 0 Å². The second kappa shape index (κ2) is 8.61. The Morgan fingerprint density at radius 3 is 2.57 bits per heavy atom. The van der Waals surface area contributed by atoms with E-state index >= 15 is 0 Å². The first kappa shape index (κ1) is 20.8. The molecule has 0 aromatic heterocycles. The summed E-state index contributed by atoms with van der Waals surface area (Å²) < 4.78 is 30.7. The lowest BCUT2D eigenvalue weighted by Gasteiger charge is -2.41. The molecule has 7 nitrogen and oxygen atoms in total. The van der Waals surface area contributed by atoms with Gasteiger partial charge < -0.3 is 9.64 Å². The Labute approximate surface area is 166 Å². The molecule has 1 saturated heterocycles. The molecular formula is C20H28N2O5S. The molecule has 1 aromatic rings. The molecule has 1 saturated carbocycles. The predicted molar refractivity (Wildman–Crippen MR) is 104 cm³/mol. The third-order valence-corrected chi connectivity index (χ3v) is 7.63. The van der Waals surface area contributed by atoms with Gasteiger partial charge >= 0.3 is 5.97 Å². The van der Waals surface area contributed by atoms with Gasteiger partial charge in [0.25, 0.3) is 5.91 Å². The van der Waals surface area contributed by atoms with Gasteiger partial charge in [-0.3, -0.25) is 4.79 Å². The van der Waals surface area contributed by atoms with Crippen LogP contribution < -0.4 is 0 Å². The Kier molecular flexibility index (Phi) is 6.40. The molecule has 154 valence electrons. The number of hydrogen-bond acceptors (Lipinski definition) is 5. The van der Waals surface area contributed by atoms with Gasteiger partial charge in [-0.2, -0.15) is 0 Å². The van der Waals surface area contributed by atoms with Crippen molar-refractivity contribution >= 4 is 21.9 Å². The second-order valence-electron chi connectivity index (χ2n) is 7.82. The third-order valence-electron chi connectivity index (χ3n) is 5.82. The van der Waals surface area contributed by atoms with Crippen LogP contribution in [0.15, 0.2) is 29.2 Å². The number of carbonyl (C=O) groups excluding carboxylic acids is 2. The van der Waals surface area contributed by atoms with Crippen LogP contribution >= 0.6 is 0 Å². The number of benzene rings is 1. The molecule has 1 aliphatic heterocycles. The molecule has 1 aromatic carbocycles. The van der Waals surface area contributed by atoms with Gasteiger partial charge in [0.15, 0.2) is 6.61 Å². The molecule has 1 heterocycles. The van der Waals surface area contributed by atoms with Crippen molar-refractivity contribution < 1.29 is 22.7 Å². The quantitative estimate of drug-likeness (QED) is 0.697. The van der Waals surface area contributed by atoms with Gasteiger partial charge in [-0.1, -0.05) is 25.3 Å². The summed E-state index contributed by atoms with van der Waals surface area (Å²) in [6, 6.07) is 5.67. The number of hydrogen-bond donors (Lipinski definition) is 0. The molecule has 2 aliphatic rings. The summed E-state index contributed by atoms with van der Waals surface area (Å²) in [5.74, 6) is 0.406. The van der Waals surface area contributed by atoms with E-state index in [0.29, 0.717) is 12.5 Å². The number of esters is 1. The number of ether oxygens (including phenoxy) is 1. The first-order chi connectivity index (χ1) is 13.3. The molecule has 1 aliphatic carbocycles. The average Bonchev–Trinajstić information content (AvgIpc) is 2.71. The summed E-state index contributed by atoms with van der Waals surface area (Å²) in [7, 11) is -0.792. The van der Waals surface area contributed by atoms with Crippen LogP contribution in [0.1, 0.15) is 42.5 Å². The third kappa shape index (κ3) is 4.55. The van der Waals surface area contributed by atoms with Crippen LogP contribution in [0, 0.1) is 11.8 Å². The standard InChI is InChI=1S/C20H28N2O5S/c1-21(2)28(25,26)18-9-5-8-16(12-18)20(24)27-14-19(23)22-11-10-15-6-3-4-7-17(15)13-22/h5,8-9,12,15,17H,3-4,6-7,10-11,13-14H2,1-2H3/t15-,17-/m1/s1. The van der Waals surface area contributed by atoms with Crippen LogP contribution in [0.5, 0.6) is 0 Å². The van der Waals surface area contributed by atoms with Gasteiger partial charge in [0.1, 0.15) is 0 Å². The Balaban J connectivity index is 1.57. The van der Waals surface area contributed by atoms with Gasteiger partial charge in [-0.15, -0.1) is 0 Å². The van der Waals surface area contributed by atoms with Crippen molar-refractivity contribution in [2.75, 3.05) is 33.8 Å². The van der Waals surface area contributed by atoms with Crippen LogP contribution in [0.2, 0.25) is 0 Å². The zero-order chi connectivity index (χ0) is 20.3. The zero-order valence-electron chi connectivity index (χ0n) is 16.5. The molecule has 0 spiro atoms. The zero-order valence-corrected chi connectivity index (χ0v) is 17.3. The molecule has 28 heavy (non-hydrogen) atoms. The number of sulfonamides is 1. The van der Waals surface area contributed by atoms with Crippen LogP contribution in [0.25, 0.3) is 0 Å². The molecule has 8 heteroatoms. The Bertz CT molecular complexity index is 837. The fourth-order valence-corrected chi connectivity index (χ4v) is 5.07. The van der Waals surface area contributed by atoms with E-state index in [-0.39, 0.29) is 23.0 Å². The first-order valence-corrected chi connectivity index (χ1v) is 11.2. The summed E-state index contributed by atoms with van der Waals surface area (Å²) in [5, 5.41) is 0. The van der Waals surface area contributed by atoms with E-state index in [1.807, 2.05) is 0 Å². The minimum Gasteiger partial charge on any atom is -0.452 e. The number of amides is 1. The van der Waals surface area contributed by atoms with Crippen molar-refractivity contribution in [3.63, 3.8) is 0 Å². The number of nitrogens with zero attached hydrogens (tertiary/aromatic N) is 2. The molecule has 0 radical (unpaired) electrons. The molecule has 0 bridgehead atoms. The van der Waals surface area contributed by atoms with Crippen LogP contribution in [0.3, 0.4) is 0 Å². The van der Waals surface area contributed by atoms with Crippen molar-refractivity contribution in [3.05, 3.63) is 29.8 Å². The number of piperidine rings is 1. The minimum atomic E-state index is -3.64. The van der Waals surface area contributed by atoms with Crippen molar-refractivity contribution in [2.24, 2.45) is 11.8 Å². The summed E-state index contributed by atoms with van der Waals surface area (Å²) >= 11 is 0. The number of likely N-dealkylation sites (tertiary alicyclic amines) is 1. The van der Waals surface area contributed by atoms with E-state index in [0.717, 1.165) is 23.2 Å². The summed E-state index contributed by atoms with van der Waals surface area (Å²) in [4.78, 5) is 26.6. The van der Waals surface area contributed by atoms with E-state index in [9.17, 15) is 18.0 Å². The lowest BCUT2D eigenvalue weighted by Crippen LogP contribution is -2.46. The topological polar surface area (TPSA) is 84.0 Å². The smallest absolute Gasteiger partial charge is 0.338 e. The summed E-state index contributed by atoms with van der Waals surface area (Å²) in [6.07, 6.45) is 5.96. The fraction of sp³-hybridized carbons (Fsp3) is 0.600. The van der Waals surface area contributed by atoms with Crippen LogP contribution in [-0.4, -0.2) is 63.3 Å². The largest absolute Gasteiger partial charge is 0.452 e. The van der Waals surface area contributed by atoms with E-state index in [1.165, 1.54) is 64.0 Å². The van der Waals surface area contributed by atoms with E-state index in [2.05, 4.69) is 0 Å². The lowest BCUT2D eigenvalue weighted by atomic mass is 9.75. The molecule has 1 amide bonds. The van der Waals surface area contributed by atoms with Gasteiger partial charge in [-0.05, 0) is 42.9 Å². The second-order valence-corrected chi connectivity index (χ2v) is 9.98. The molecule has 0 N–H and O–H groups in total. The van der Waals surface area contributed by atoms with Gasteiger partial charge in [0.05, 0.1) is 10.5 Å². The number of fused-ring (bicyclic) bond motifs is 1. The highest BCUT2D eigenvalue weighted by Crippen LogP contribution is 2.36. The van der Waals surface area contributed by atoms with Crippen LogP contribution in [-0.2, 0) is 19.6 Å². The van der Waals surface area contributed by atoms with Gasteiger partial charge in [0, 0.05) is 27.2 Å². The Morgan fingerprint density at radius 1 is 1.14 bits per heavy atom. The average molecular weight is 409 g/mol. The highest BCUT2D eigenvalue weighted by molar-refractivity contribution is 7.89. The predicted octanol–water partition coefficient (Wildman–Crippen LogP) is 2.13. The summed E-state index contributed by atoms with van der Waals surface area (Å²) in [6.45, 7) is 1.15. The summed E-state index contributed by atoms with van der Waals surface area (Å²) in [5.41, 5.74) is 0.113. The Hall–Kier alpha value is -1.93. The Morgan fingerprint density at radius 2 is 1.86 bits per heavy atom. The van der Waals surface area contributed by atoms with Crippen molar-refractivity contribution in [2.45, 2.75) is 37.0 Å². The SMILES string of the molecule is CN(C)S(=O)(=O)c1cccc(C(=O)OCC(=O)N2CC[C@H]3CCCC[C@@H]3C2)c1. The van der Waals surface area contributed by atoms with E-state index in [1.54, 1.807) is 4.90 Å². The highest BCUT2D eigenvalue weighted by Gasteiger charge is 2.33. The van der Waals surface area contributed by atoms with Crippen molar-refractivity contribution in [3.8, 4) is 0 Å². The first-order valence-electron chi connectivity index (χ1n) is 9.76. The monoisotopic (exact) mass is 408 g/mol. The fourth-order valence-electron chi connectivity index (χ4n) is 4.12. The molecule has 3 rings (SSSR count). The highest BCUT2D eigenvalue weighted by atomic mass is 32.2. The van der Waals surface area contributed by atoms with Crippen molar-refractivity contribution in [1.82, 2.24) is 9.21 Å². The lowest BCUT2D eigenvalue weighted by molar-refractivity contribution is -0.137. The maximum Gasteiger partial charge on any atom is 0.338 e. The normalized spacial score (nSPS) is 22.6. The maximum absolute atomic E-state index is 12.5. The number of rotatable bonds is 5. The molecular weight excluding hydrogens is 380 g/mol. The molecule has 2 atom stereocenters.